The summed E-state index contributed by atoms with van der Waals surface area (Å²) in [6.45, 7) is 0.969. The first-order valence-corrected chi connectivity index (χ1v) is 8.61. The maximum absolute atomic E-state index is 12.3. The second-order valence-electron chi connectivity index (χ2n) is 6.22. The summed E-state index contributed by atoms with van der Waals surface area (Å²) in [5.74, 6) is -0.565. The SMILES string of the molecule is Cn1c(C(=O)NCC(=O)NCCn2cnc3ccccc32)cc2occc21. The van der Waals surface area contributed by atoms with Crippen molar-refractivity contribution in [3.63, 3.8) is 0 Å². The predicted octanol–water partition coefficient (Wildman–Crippen LogP) is 1.67. The molecule has 8 nitrogen and oxygen atoms in total. The molecule has 4 aromatic rings. The lowest BCUT2D eigenvalue weighted by molar-refractivity contribution is -0.120. The Balaban J connectivity index is 1.27. The van der Waals surface area contributed by atoms with Gasteiger partial charge in [0.15, 0.2) is 5.58 Å². The molecule has 3 aromatic heterocycles. The van der Waals surface area contributed by atoms with E-state index in [1.54, 1.807) is 36.3 Å². The number of carbonyl (C=O) groups is 2. The molecular formula is C19H19N5O3. The summed E-state index contributed by atoms with van der Waals surface area (Å²) in [5, 5.41) is 5.43. The molecule has 0 unspecified atom stereocenters. The van der Waals surface area contributed by atoms with Crippen molar-refractivity contribution in [1.29, 1.82) is 0 Å². The first-order valence-electron chi connectivity index (χ1n) is 8.61. The summed E-state index contributed by atoms with van der Waals surface area (Å²) < 4.78 is 9.00. The van der Waals surface area contributed by atoms with E-state index >= 15 is 0 Å². The van der Waals surface area contributed by atoms with Crippen molar-refractivity contribution in [3.05, 3.63) is 54.7 Å². The number of furan rings is 1. The maximum atomic E-state index is 12.3. The van der Waals surface area contributed by atoms with Crippen LogP contribution < -0.4 is 10.6 Å². The number of hydrogen-bond donors (Lipinski definition) is 2. The van der Waals surface area contributed by atoms with Crippen LogP contribution in [0.4, 0.5) is 0 Å². The number of imidazole rings is 1. The van der Waals surface area contributed by atoms with Crippen molar-refractivity contribution in [2.45, 2.75) is 6.54 Å². The third-order valence-corrected chi connectivity index (χ3v) is 4.51. The van der Waals surface area contributed by atoms with Crippen LogP contribution in [-0.4, -0.2) is 39.0 Å². The van der Waals surface area contributed by atoms with E-state index in [1.165, 1.54) is 0 Å². The van der Waals surface area contributed by atoms with Crippen molar-refractivity contribution in [3.8, 4) is 0 Å². The number of amides is 2. The zero-order chi connectivity index (χ0) is 18.8. The number of benzene rings is 1. The van der Waals surface area contributed by atoms with Crippen molar-refractivity contribution in [2.24, 2.45) is 7.05 Å². The van der Waals surface area contributed by atoms with Gasteiger partial charge in [0.05, 0.1) is 35.7 Å². The quantitative estimate of drug-likeness (QED) is 0.543. The third kappa shape index (κ3) is 3.29. The van der Waals surface area contributed by atoms with Gasteiger partial charge >= 0.3 is 0 Å². The van der Waals surface area contributed by atoms with Gasteiger partial charge in [-0.3, -0.25) is 9.59 Å². The first-order chi connectivity index (χ1) is 13.1. The van der Waals surface area contributed by atoms with Gasteiger partial charge in [-0.25, -0.2) is 4.98 Å². The van der Waals surface area contributed by atoms with E-state index in [9.17, 15) is 9.59 Å². The Hall–Kier alpha value is -3.55. The second kappa shape index (κ2) is 6.99. The lowest BCUT2D eigenvalue weighted by Gasteiger charge is -2.08. The molecule has 8 heteroatoms. The van der Waals surface area contributed by atoms with Gasteiger partial charge in [0.1, 0.15) is 5.69 Å². The lowest BCUT2D eigenvalue weighted by atomic mass is 10.3. The zero-order valence-electron chi connectivity index (χ0n) is 14.8. The Morgan fingerprint density at radius 2 is 2.00 bits per heavy atom. The number of nitrogens with zero attached hydrogens (tertiary/aromatic N) is 3. The molecule has 0 aliphatic rings. The molecule has 0 aliphatic heterocycles. The number of aryl methyl sites for hydroxylation is 1. The molecule has 0 spiro atoms. The maximum Gasteiger partial charge on any atom is 0.268 e. The zero-order valence-corrected chi connectivity index (χ0v) is 14.8. The van der Waals surface area contributed by atoms with E-state index in [0.29, 0.717) is 24.4 Å². The van der Waals surface area contributed by atoms with Crippen molar-refractivity contribution in [1.82, 2.24) is 24.8 Å². The van der Waals surface area contributed by atoms with Gasteiger partial charge in [-0.2, -0.15) is 0 Å². The van der Waals surface area contributed by atoms with Crippen LogP contribution in [-0.2, 0) is 18.4 Å². The molecule has 138 valence electrons. The predicted molar refractivity (Wildman–Crippen MR) is 100 cm³/mol. The van der Waals surface area contributed by atoms with Crippen LogP contribution in [0.2, 0.25) is 0 Å². The minimum Gasteiger partial charge on any atom is -0.463 e. The van der Waals surface area contributed by atoms with E-state index in [1.807, 2.05) is 28.8 Å². The van der Waals surface area contributed by atoms with E-state index in [-0.39, 0.29) is 18.4 Å². The molecule has 4 rings (SSSR count). The fraction of sp³-hybridized carbons (Fsp3) is 0.211. The number of rotatable bonds is 6. The molecule has 27 heavy (non-hydrogen) atoms. The molecule has 0 radical (unpaired) electrons. The number of carbonyl (C=O) groups excluding carboxylic acids is 2. The number of nitrogens with one attached hydrogen (secondary N) is 2. The van der Waals surface area contributed by atoms with Crippen LogP contribution in [0, 0.1) is 0 Å². The Morgan fingerprint density at radius 3 is 2.85 bits per heavy atom. The van der Waals surface area contributed by atoms with Gasteiger partial charge in [-0.1, -0.05) is 12.1 Å². The minimum atomic E-state index is -0.320. The smallest absolute Gasteiger partial charge is 0.268 e. The van der Waals surface area contributed by atoms with Gasteiger partial charge in [-0.15, -0.1) is 0 Å². The Labute approximate surface area is 154 Å². The van der Waals surface area contributed by atoms with Gasteiger partial charge in [0.2, 0.25) is 5.91 Å². The number of fused-ring (bicyclic) bond motifs is 2. The summed E-state index contributed by atoms with van der Waals surface area (Å²) in [7, 11) is 1.78. The number of para-hydroxylation sites is 2. The van der Waals surface area contributed by atoms with Crippen LogP contribution in [0.3, 0.4) is 0 Å². The summed E-state index contributed by atoms with van der Waals surface area (Å²) in [6, 6.07) is 11.3. The minimum absolute atomic E-state index is 0.0872. The van der Waals surface area contributed by atoms with Crippen LogP contribution in [0.1, 0.15) is 10.5 Å². The van der Waals surface area contributed by atoms with Crippen molar-refractivity contribution < 1.29 is 14.0 Å². The van der Waals surface area contributed by atoms with E-state index < -0.39 is 0 Å². The van der Waals surface area contributed by atoms with Crippen LogP contribution >= 0.6 is 0 Å². The lowest BCUT2D eigenvalue weighted by Crippen LogP contribution is -2.38. The largest absolute Gasteiger partial charge is 0.463 e. The average molecular weight is 365 g/mol. The highest BCUT2D eigenvalue weighted by Crippen LogP contribution is 2.19. The fourth-order valence-corrected chi connectivity index (χ4v) is 3.09. The molecule has 0 saturated heterocycles. The van der Waals surface area contributed by atoms with Gasteiger partial charge in [0.25, 0.3) is 5.91 Å². The first kappa shape index (κ1) is 16.9. The van der Waals surface area contributed by atoms with Crippen LogP contribution in [0.15, 0.2) is 53.4 Å². The normalized spacial score (nSPS) is 11.1. The third-order valence-electron chi connectivity index (χ3n) is 4.51. The summed E-state index contributed by atoms with van der Waals surface area (Å²) in [5.41, 5.74) is 3.86. The van der Waals surface area contributed by atoms with Gasteiger partial charge < -0.3 is 24.2 Å². The highest BCUT2D eigenvalue weighted by Gasteiger charge is 2.15. The van der Waals surface area contributed by atoms with E-state index in [4.69, 9.17) is 4.42 Å². The molecule has 0 bridgehead atoms. The summed E-state index contributed by atoms with van der Waals surface area (Å²) >= 11 is 0. The molecule has 0 saturated carbocycles. The van der Waals surface area contributed by atoms with Crippen molar-refractivity contribution >= 4 is 33.9 Å². The molecule has 0 atom stereocenters. The second-order valence-corrected chi connectivity index (χ2v) is 6.22. The molecule has 0 aliphatic carbocycles. The van der Waals surface area contributed by atoms with E-state index in [0.717, 1.165) is 16.6 Å². The van der Waals surface area contributed by atoms with Gasteiger partial charge in [-0.05, 0) is 12.1 Å². The summed E-state index contributed by atoms with van der Waals surface area (Å²) in [6.07, 6.45) is 3.33. The highest BCUT2D eigenvalue weighted by atomic mass is 16.3. The average Bonchev–Trinajstić information content (AvgIpc) is 3.37. The Morgan fingerprint density at radius 1 is 1.15 bits per heavy atom. The summed E-state index contributed by atoms with van der Waals surface area (Å²) in [4.78, 5) is 28.6. The molecule has 1 aromatic carbocycles. The topological polar surface area (TPSA) is 94.1 Å². The monoisotopic (exact) mass is 365 g/mol. The van der Waals surface area contributed by atoms with Crippen LogP contribution in [0.5, 0.6) is 0 Å². The Kier molecular flexibility index (Phi) is 4.37. The fourth-order valence-electron chi connectivity index (χ4n) is 3.09. The highest BCUT2D eigenvalue weighted by molar-refractivity contribution is 5.99. The Bertz CT molecular complexity index is 1120. The van der Waals surface area contributed by atoms with Gasteiger partial charge in [0, 0.05) is 32.3 Å². The molecule has 2 amide bonds. The number of hydrogen-bond acceptors (Lipinski definition) is 4. The molecule has 2 N–H and O–H groups in total. The van der Waals surface area contributed by atoms with E-state index in [2.05, 4.69) is 15.6 Å². The van der Waals surface area contributed by atoms with Crippen molar-refractivity contribution in [2.75, 3.05) is 13.1 Å². The number of aromatic nitrogens is 3. The molecular weight excluding hydrogens is 346 g/mol. The standard InChI is InChI=1S/C19H19N5O3/c1-23-15-6-9-27-17(15)10-16(23)19(26)21-11-18(25)20-7-8-24-12-22-13-4-2-3-5-14(13)24/h2-6,9-10,12H,7-8,11H2,1H3,(H,20,25)(H,21,26). The molecule has 3 heterocycles. The van der Waals surface area contributed by atoms with Crippen LogP contribution in [0.25, 0.3) is 22.1 Å². The molecule has 0 fully saturated rings.